The maximum absolute atomic E-state index is 14.5. The topological polar surface area (TPSA) is 104 Å². The number of hydrogen-bond acceptors (Lipinski definition) is 6. The van der Waals surface area contributed by atoms with Gasteiger partial charge in [0.25, 0.3) is 11.8 Å². The Morgan fingerprint density at radius 3 is 2.82 bits per heavy atom. The summed E-state index contributed by atoms with van der Waals surface area (Å²) in [6.45, 7) is 2.83. The average molecular weight is 487 g/mol. The van der Waals surface area contributed by atoms with Crippen LogP contribution < -0.4 is 20.1 Å². The predicted molar refractivity (Wildman–Crippen MR) is 127 cm³/mol. The number of ether oxygens (including phenoxy) is 2. The Hall–Kier alpha value is -3.59. The zero-order valence-electron chi connectivity index (χ0n) is 18.7. The molecule has 0 atom stereocenters. The van der Waals surface area contributed by atoms with E-state index in [0.29, 0.717) is 41.6 Å². The fraction of sp³-hybridized carbons (Fsp3) is 0.292. The Morgan fingerprint density at radius 1 is 1.35 bits per heavy atom. The molecule has 2 aromatic rings. The highest BCUT2D eigenvalue weighted by molar-refractivity contribution is 6.31. The molecule has 2 aromatic carbocycles. The van der Waals surface area contributed by atoms with Crippen LogP contribution in [0.25, 0.3) is 5.57 Å². The van der Waals surface area contributed by atoms with Crippen LogP contribution in [0.5, 0.6) is 11.5 Å². The lowest BCUT2D eigenvalue weighted by molar-refractivity contribution is -0.118. The summed E-state index contributed by atoms with van der Waals surface area (Å²) in [4.78, 5) is 25.8. The highest BCUT2D eigenvalue weighted by Gasteiger charge is 2.34. The van der Waals surface area contributed by atoms with Gasteiger partial charge in [0.15, 0.2) is 6.61 Å². The van der Waals surface area contributed by atoms with Crippen molar-refractivity contribution in [2.24, 2.45) is 5.92 Å². The third kappa shape index (κ3) is 4.70. The number of anilines is 1. The Morgan fingerprint density at radius 2 is 2.12 bits per heavy atom. The predicted octanol–water partition coefficient (Wildman–Crippen LogP) is 3.56. The van der Waals surface area contributed by atoms with Crippen molar-refractivity contribution in [3.05, 3.63) is 58.0 Å². The van der Waals surface area contributed by atoms with Crippen molar-refractivity contribution in [3.63, 3.8) is 0 Å². The van der Waals surface area contributed by atoms with E-state index in [1.807, 2.05) is 6.92 Å². The lowest BCUT2D eigenvalue weighted by Gasteiger charge is -2.39. The van der Waals surface area contributed by atoms with Crippen LogP contribution in [0.15, 0.2) is 36.0 Å². The van der Waals surface area contributed by atoms with Crippen molar-refractivity contribution in [2.75, 3.05) is 38.7 Å². The number of nitrogens with one attached hydrogen (secondary N) is 3. The number of carbonyl (C=O) groups excluding carboxylic acids is 2. The second-order valence-electron chi connectivity index (χ2n) is 8.13. The first kappa shape index (κ1) is 23.6. The molecule has 4 rings (SSSR count). The molecule has 1 fully saturated rings. The summed E-state index contributed by atoms with van der Waals surface area (Å²) in [6.07, 6.45) is 1.24. The number of likely N-dealkylation sites (tertiary alicyclic amines) is 1. The summed E-state index contributed by atoms with van der Waals surface area (Å²) in [5, 5.41) is 13.9. The Labute approximate surface area is 201 Å². The van der Waals surface area contributed by atoms with Gasteiger partial charge < -0.3 is 30.4 Å². The molecule has 2 amide bonds. The first-order valence-corrected chi connectivity index (χ1v) is 11.1. The van der Waals surface area contributed by atoms with E-state index in [1.165, 1.54) is 17.2 Å². The maximum atomic E-state index is 14.5. The van der Waals surface area contributed by atoms with Gasteiger partial charge in [0.2, 0.25) is 0 Å². The first-order valence-electron chi connectivity index (χ1n) is 10.7. The Bertz CT molecular complexity index is 1190. The largest absolute Gasteiger partial charge is 0.493 e. The van der Waals surface area contributed by atoms with Crippen LogP contribution in [0.4, 0.5) is 10.1 Å². The van der Waals surface area contributed by atoms with Gasteiger partial charge in [-0.3, -0.25) is 9.59 Å². The number of fused-ring (bicyclic) bond motifs is 1. The summed E-state index contributed by atoms with van der Waals surface area (Å²) in [7, 11) is 1.77. The quantitative estimate of drug-likeness (QED) is 0.519. The van der Waals surface area contributed by atoms with E-state index in [-0.39, 0.29) is 35.4 Å². The van der Waals surface area contributed by atoms with Crippen LogP contribution in [0.1, 0.15) is 22.8 Å². The fourth-order valence-electron chi connectivity index (χ4n) is 3.85. The SMILES string of the molecule is CN/C(C)=C(\C=N)c1cc(Cl)ccc1OCC1CN(C(=O)c2cc3c(cc2F)OCC(=O)N3)C1. The molecule has 0 bridgehead atoms. The average Bonchev–Trinajstić information content (AvgIpc) is 2.79. The Kier molecular flexibility index (Phi) is 6.74. The van der Waals surface area contributed by atoms with Gasteiger partial charge in [-0.05, 0) is 31.2 Å². The Balaban J connectivity index is 1.41. The molecule has 3 N–H and O–H groups in total. The van der Waals surface area contributed by atoms with Crippen LogP contribution in [0.2, 0.25) is 5.02 Å². The van der Waals surface area contributed by atoms with E-state index in [2.05, 4.69) is 10.6 Å². The molecule has 0 unspecified atom stereocenters. The van der Waals surface area contributed by atoms with Crippen LogP contribution in [0, 0.1) is 17.1 Å². The van der Waals surface area contributed by atoms with E-state index >= 15 is 0 Å². The molecule has 2 aliphatic rings. The van der Waals surface area contributed by atoms with Gasteiger partial charge in [-0.1, -0.05) is 11.6 Å². The number of halogens is 2. The normalized spacial score (nSPS) is 15.9. The summed E-state index contributed by atoms with van der Waals surface area (Å²) in [5.74, 6) is -0.661. The minimum Gasteiger partial charge on any atom is -0.493 e. The zero-order chi connectivity index (χ0) is 24.4. The van der Waals surface area contributed by atoms with Crippen molar-refractivity contribution >= 4 is 40.9 Å². The monoisotopic (exact) mass is 486 g/mol. The number of amides is 2. The van der Waals surface area contributed by atoms with Gasteiger partial charge in [-0.25, -0.2) is 4.39 Å². The number of benzene rings is 2. The smallest absolute Gasteiger partial charge is 0.262 e. The van der Waals surface area contributed by atoms with Gasteiger partial charge >= 0.3 is 0 Å². The maximum Gasteiger partial charge on any atom is 0.262 e. The second-order valence-corrected chi connectivity index (χ2v) is 8.56. The summed E-state index contributed by atoms with van der Waals surface area (Å²) in [5.41, 5.74) is 2.32. The summed E-state index contributed by atoms with van der Waals surface area (Å²) < 4.78 is 25.7. The van der Waals surface area contributed by atoms with Crippen molar-refractivity contribution in [3.8, 4) is 11.5 Å². The molecule has 0 aromatic heterocycles. The third-order valence-electron chi connectivity index (χ3n) is 5.81. The minimum atomic E-state index is -0.698. The molecule has 10 heteroatoms. The molecule has 0 saturated carbocycles. The summed E-state index contributed by atoms with van der Waals surface area (Å²) >= 11 is 6.16. The van der Waals surface area contributed by atoms with E-state index in [4.69, 9.17) is 26.5 Å². The molecule has 2 aliphatic heterocycles. The van der Waals surface area contributed by atoms with E-state index in [1.54, 1.807) is 25.2 Å². The van der Waals surface area contributed by atoms with Gasteiger partial charge in [0.1, 0.15) is 17.3 Å². The molecular weight excluding hydrogens is 463 g/mol. The highest BCUT2D eigenvalue weighted by Crippen LogP contribution is 2.33. The third-order valence-corrected chi connectivity index (χ3v) is 6.04. The standard InChI is InChI=1S/C24H24ClFN4O4/c1-13(28-2)18(8-27)16-5-15(25)3-4-21(16)33-11-14-9-30(10-14)24(32)17-6-20-22(7-19(17)26)34-12-23(31)29-20/h3-8,14,27-28H,9-12H2,1-2H3,(H,29,31)/b18-13+,27-8?. The number of hydrogen-bond donors (Lipinski definition) is 3. The van der Waals surface area contributed by atoms with Crippen LogP contribution >= 0.6 is 11.6 Å². The molecule has 8 nitrogen and oxygen atoms in total. The van der Waals surface area contributed by atoms with Gasteiger partial charge in [-0.15, -0.1) is 0 Å². The fourth-order valence-corrected chi connectivity index (χ4v) is 4.02. The first-order chi connectivity index (χ1) is 16.3. The molecule has 0 radical (unpaired) electrons. The van der Waals surface area contributed by atoms with Crippen molar-refractivity contribution in [1.82, 2.24) is 10.2 Å². The zero-order valence-corrected chi connectivity index (χ0v) is 19.5. The van der Waals surface area contributed by atoms with Crippen molar-refractivity contribution in [1.29, 1.82) is 5.41 Å². The van der Waals surface area contributed by atoms with Crippen LogP contribution in [0.3, 0.4) is 0 Å². The van der Waals surface area contributed by atoms with Crippen molar-refractivity contribution in [2.45, 2.75) is 6.92 Å². The number of rotatable bonds is 7. The number of allylic oxidation sites excluding steroid dienone is 2. The van der Waals surface area contributed by atoms with Gasteiger partial charge in [0, 0.05) is 60.2 Å². The van der Waals surface area contributed by atoms with Crippen LogP contribution in [-0.2, 0) is 4.79 Å². The molecule has 0 aliphatic carbocycles. The molecule has 1 saturated heterocycles. The highest BCUT2D eigenvalue weighted by atomic mass is 35.5. The molecule has 34 heavy (non-hydrogen) atoms. The molecule has 0 spiro atoms. The number of nitrogens with zero attached hydrogens (tertiary/aromatic N) is 1. The molecule has 2 heterocycles. The number of carbonyl (C=O) groups is 2. The van der Waals surface area contributed by atoms with Gasteiger partial charge in [-0.2, -0.15) is 0 Å². The lowest BCUT2D eigenvalue weighted by atomic mass is 9.99. The van der Waals surface area contributed by atoms with E-state index < -0.39 is 11.7 Å². The second kappa shape index (κ2) is 9.72. The summed E-state index contributed by atoms with van der Waals surface area (Å²) in [6, 6.07) is 7.64. The van der Waals surface area contributed by atoms with Crippen molar-refractivity contribution < 1.29 is 23.5 Å². The van der Waals surface area contributed by atoms with Crippen LogP contribution in [-0.4, -0.2) is 56.3 Å². The van der Waals surface area contributed by atoms with E-state index in [9.17, 15) is 14.0 Å². The molecular formula is C24H24ClFN4O4. The molecule has 178 valence electrons. The van der Waals surface area contributed by atoms with Gasteiger partial charge in [0.05, 0.1) is 17.9 Å². The lowest BCUT2D eigenvalue weighted by Crippen LogP contribution is -2.52. The van der Waals surface area contributed by atoms with E-state index in [0.717, 1.165) is 11.8 Å². The minimum absolute atomic E-state index is 0.0639.